The molecular formula is H33Al2NaO16S. The minimum atomic E-state index is -4.67. The van der Waals surface area contributed by atoms with E-state index in [0.29, 0.717) is 0 Å². The monoisotopic (exact) mass is 398 g/mol. The van der Waals surface area contributed by atoms with Crippen molar-refractivity contribution in [1.82, 2.24) is 0 Å². The van der Waals surface area contributed by atoms with Crippen molar-refractivity contribution in [3.63, 3.8) is 0 Å². The van der Waals surface area contributed by atoms with Crippen LogP contribution in [-0.4, -0.2) is 118 Å². The number of hydrogen-bond acceptors (Lipinski definition) is 2. The van der Waals surface area contributed by atoms with Crippen LogP contribution in [-0.2, 0) is 10.4 Å². The molecule has 0 saturated carbocycles. The van der Waals surface area contributed by atoms with Crippen molar-refractivity contribution in [2.45, 2.75) is 0 Å². The summed E-state index contributed by atoms with van der Waals surface area (Å²) in [6, 6.07) is 0. The van der Waals surface area contributed by atoms with Crippen LogP contribution in [0.15, 0.2) is 0 Å². The Morgan fingerprint density at radius 2 is 0.500 bits per heavy atom. The van der Waals surface area contributed by atoms with Crippen LogP contribution >= 0.6 is 0 Å². The van der Waals surface area contributed by atoms with Crippen LogP contribution < -0.4 is 29.6 Å². The fourth-order valence-corrected chi connectivity index (χ4v) is 0. The fourth-order valence-electron chi connectivity index (χ4n) is 0. The maximum Gasteiger partial charge on any atom is 1.00 e. The van der Waals surface area contributed by atoms with Gasteiger partial charge in [0.2, 0.25) is 0 Å². The van der Waals surface area contributed by atoms with Crippen LogP contribution in [0.5, 0.6) is 0 Å². The summed E-state index contributed by atoms with van der Waals surface area (Å²) in [4.78, 5) is 0. The Bertz CT molecular complexity index is 109. The predicted octanol–water partition coefficient (Wildman–Crippen LogP) is -15.8. The standard InChI is InChI=1S/2Al.Na.H2O4S.12H2O.7H/c;;;1-5(2,3)4;;;;;;;;;;;;;;;;;;;/h;;;(H2,1,2,3,4);12*1H2;;;;;;;/q;;+1;;;;;;;;;;;;;;;;;;;;-1. The van der Waals surface area contributed by atoms with Gasteiger partial charge < -0.3 is 67.1 Å². The van der Waals surface area contributed by atoms with Gasteiger partial charge in [0.25, 0.3) is 0 Å². The molecular weight excluding hydrogens is 365 g/mol. The molecule has 0 spiro atoms. The third kappa shape index (κ3) is 3130. The molecule has 0 aliphatic carbocycles. The van der Waals surface area contributed by atoms with E-state index in [-0.39, 0.29) is 131 Å². The van der Waals surface area contributed by atoms with Crippen molar-refractivity contribution in [2.75, 3.05) is 0 Å². The van der Waals surface area contributed by atoms with Gasteiger partial charge in [0.1, 0.15) is 0 Å². The summed E-state index contributed by atoms with van der Waals surface area (Å²) >= 11 is 0. The maximum atomic E-state index is 8.74. The molecule has 0 aromatic heterocycles. The number of rotatable bonds is 0. The molecule has 0 bridgehead atoms. The first-order chi connectivity index (χ1) is 2.00. The Kier molecular flexibility index (Phi) is 2100. The molecule has 0 fully saturated rings. The number of hydrogen-bond donors (Lipinski definition) is 2. The molecule has 20 heavy (non-hydrogen) atoms. The molecule has 0 aliphatic rings. The van der Waals surface area contributed by atoms with Crippen molar-refractivity contribution in [3.8, 4) is 0 Å². The summed E-state index contributed by atoms with van der Waals surface area (Å²) in [6.07, 6.45) is 0. The van der Waals surface area contributed by atoms with Crippen LogP contribution in [0.1, 0.15) is 1.43 Å². The minimum Gasteiger partial charge on any atom is -1.00 e. The van der Waals surface area contributed by atoms with Crippen molar-refractivity contribution < 1.29 is 114 Å². The SMILES string of the molecule is O.O.O.O.O.O.O.O.O.O.O.O.O=S(=O)(O)O.[AlH3].[AlH3].[H-].[Na+]. The molecule has 0 amide bonds. The first kappa shape index (κ1) is 302. The molecule has 0 rings (SSSR count). The molecule has 0 aromatic carbocycles. The van der Waals surface area contributed by atoms with E-state index in [1.165, 1.54) is 0 Å². The average molecular weight is 398 g/mol. The van der Waals surface area contributed by atoms with E-state index in [1.54, 1.807) is 0 Å². The van der Waals surface area contributed by atoms with Gasteiger partial charge in [-0.25, -0.2) is 0 Å². The molecule has 0 aromatic rings. The molecule has 0 radical (unpaired) electrons. The Morgan fingerprint density at radius 1 is 0.500 bits per heavy atom. The Hall–Kier alpha value is 1.45. The van der Waals surface area contributed by atoms with Gasteiger partial charge in [-0.1, -0.05) is 0 Å². The predicted molar refractivity (Wildman–Crippen MR) is 78.5 cm³/mol. The van der Waals surface area contributed by atoms with Crippen molar-refractivity contribution in [3.05, 3.63) is 0 Å². The van der Waals surface area contributed by atoms with Gasteiger partial charge in [0, 0.05) is 0 Å². The van der Waals surface area contributed by atoms with Crippen LogP contribution in [0.25, 0.3) is 0 Å². The van der Waals surface area contributed by atoms with Crippen LogP contribution in [0.4, 0.5) is 0 Å². The molecule has 0 atom stereocenters. The third-order valence-corrected chi connectivity index (χ3v) is 0. The maximum absolute atomic E-state index is 8.74. The molecule has 26 N–H and O–H groups in total. The molecule has 20 heteroatoms. The van der Waals surface area contributed by atoms with Crippen LogP contribution in [0.3, 0.4) is 0 Å². The summed E-state index contributed by atoms with van der Waals surface area (Å²) in [5.74, 6) is 0. The van der Waals surface area contributed by atoms with Gasteiger partial charge in [-0.05, 0) is 0 Å². The van der Waals surface area contributed by atoms with Crippen LogP contribution in [0.2, 0.25) is 0 Å². The Morgan fingerprint density at radius 3 is 0.500 bits per heavy atom. The molecule has 0 aliphatic heterocycles. The zero-order valence-corrected chi connectivity index (χ0v) is 11.9. The molecule has 0 saturated heterocycles. The van der Waals surface area contributed by atoms with Gasteiger partial charge in [-0.15, -0.1) is 0 Å². The largest absolute Gasteiger partial charge is 1.00 e. The second kappa shape index (κ2) is 139. The molecule has 16 nitrogen and oxygen atoms in total. The fraction of sp³-hybridized carbons (Fsp3) is 0. The van der Waals surface area contributed by atoms with Gasteiger partial charge in [0.15, 0.2) is 34.7 Å². The van der Waals surface area contributed by atoms with E-state index in [4.69, 9.17) is 17.5 Å². The van der Waals surface area contributed by atoms with Crippen molar-refractivity contribution in [2.24, 2.45) is 0 Å². The first-order valence-corrected chi connectivity index (χ1v) is 2.10. The summed E-state index contributed by atoms with van der Waals surface area (Å²) in [5.41, 5.74) is 0. The smallest absolute Gasteiger partial charge is 1.00 e. The normalized spacial score (nSPS) is 2.90. The second-order valence-corrected chi connectivity index (χ2v) is 1.34. The minimum absolute atomic E-state index is 0. The van der Waals surface area contributed by atoms with Gasteiger partial charge in [-0.2, -0.15) is 8.42 Å². The van der Waals surface area contributed by atoms with Crippen molar-refractivity contribution in [1.29, 1.82) is 0 Å². The van der Waals surface area contributed by atoms with E-state index in [9.17, 15) is 0 Å². The summed E-state index contributed by atoms with van der Waals surface area (Å²) in [5, 5.41) is 0. The Balaban J connectivity index is -0.000000000667. The topological polar surface area (TPSA) is 453 Å². The average Bonchev–Trinajstić information content (AvgIpc) is 0.722. The second-order valence-electron chi connectivity index (χ2n) is 0.448. The summed E-state index contributed by atoms with van der Waals surface area (Å²) in [6.45, 7) is 0. The van der Waals surface area contributed by atoms with E-state index in [1.807, 2.05) is 0 Å². The summed E-state index contributed by atoms with van der Waals surface area (Å²) in [7, 11) is -4.67. The van der Waals surface area contributed by atoms with Crippen molar-refractivity contribution >= 4 is 45.1 Å². The molecule has 0 unspecified atom stereocenters. The zero-order chi connectivity index (χ0) is 4.50. The first-order valence-electron chi connectivity index (χ1n) is 0.698. The summed E-state index contributed by atoms with van der Waals surface area (Å²) < 4.78 is 31.6. The zero-order valence-electron chi connectivity index (χ0n) is 10.1. The van der Waals surface area contributed by atoms with E-state index >= 15 is 0 Å². The molecule has 0 heterocycles. The van der Waals surface area contributed by atoms with Gasteiger partial charge >= 0.3 is 40.0 Å². The van der Waals surface area contributed by atoms with Crippen LogP contribution in [0, 0.1) is 0 Å². The van der Waals surface area contributed by atoms with E-state index < -0.39 is 10.4 Å². The van der Waals surface area contributed by atoms with Gasteiger partial charge in [-0.3, -0.25) is 9.11 Å². The van der Waals surface area contributed by atoms with Gasteiger partial charge in [0.05, 0.1) is 0 Å². The van der Waals surface area contributed by atoms with E-state index in [0.717, 1.165) is 0 Å². The quantitative estimate of drug-likeness (QED) is 0.296. The molecule has 142 valence electrons. The third-order valence-electron chi connectivity index (χ3n) is 0. The van der Waals surface area contributed by atoms with E-state index in [2.05, 4.69) is 0 Å². The Labute approximate surface area is 158 Å².